The van der Waals surface area contributed by atoms with Gasteiger partial charge in [-0.05, 0) is 12.1 Å². The van der Waals surface area contributed by atoms with Crippen molar-refractivity contribution in [2.75, 3.05) is 21.3 Å². The molecule has 0 radical (unpaired) electrons. The fourth-order valence-electron chi connectivity index (χ4n) is 2.02. The highest BCUT2D eigenvalue weighted by atomic mass is 16.5. The van der Waals surface area contributed by atoms with Crippen LogP contribution in [0.2, 0.25) is 0 Å². The first kappa shape index (κ1) is 13.9. The lowest BCUT2D eigenvalue weighted by molar-refractivity contribution is 0.102. The molecule has 0 spiro atoms. The maximum Gasteiger partial charge on any atom is 0.222 e. The van der Waals surface area contributed by atoms with Crippen LogP contribution in [-0.4, -0.2) is 36.9 Å². The molecule has 0 amide bonds. The summed E-state index contributed by atoms with van der Waals surface area (Å²) in [7, 11) is 6.18. The Morgan fingerprint density at radius 2 is 1.60 bits per heavy atom. The van der Waals surface area contributed by atoms with Gasteiger partial charge in [0.2, 0.25) is 5.78 Å². The maximum absolute atomic E-state index is 12.8. The first-order valence-electron chi connectivity index (χ1n) is 5.95. The van der Waals surface area contributed by atoms with Gasteiger partial charge in [0.25, 0.3) is 0 Å². The Kier molecular flexibility index (Phi) is 3.93. The molecule has 1 aromatic carbocycles. The van der Waals surface area contributed by atoms with Crippen LogP contribution in [0.25, 0.3) is 0 Å². The highest BCUT2D eigenvalue weighted by Crippen LogP contribution is 2.32. The minimum Gasteiger partial charge on any atom is -0.496 e. The standard InChI is InChI=1S/C14H16N2O4/c1-16-13(11(20-4)8-15-16)14(17)12-9(18-2)6-5-7-10(12)19-3/h5-8H,1-4H3. The van der Waals surface area contributed by atoms with E-state index in [1.807, 2.05) is 0 Å². The van der Waals surface area contributed by atoms with E-state index in [2.05, 4.69) is 5.10 Å². The van der Waals surface area contributed by atoms with Gasteiger partial charge in [-0.25, -0.2) is 0 Å². The van der Waals surface area contributed by atoms with Gasteiger partial charge in [-0.1, -0.05) is 6.07 Å². The van der Waals surface area contributed by atoms with Crippen LogP contribution >= 0.6 is 0 Å². The van der Waals surface area contributed by atoms with E-state index < -0.39 is 0 Å². The number of benzene rings is 1. The summed E-state index contributed by atoms with van der Waals surface area (Å²) < 4.78 is 17.1. The number of carbonyl (C=O) groups is 1. The number of rotatable bonds is 5. The van der Waals surface area contributed by atoms with Crippen LogP contribution in [0.3, 0.4) is 0 Å². The summed E-state index contributed by atoms with van der Waals surface area (Å²) >= 11 is 0. The van der Waals surface area contributed by atoms with Crippen molar-refractivity contribution in [3.63, 3.8) is 0 Å². The molecule has 1 aromatic heterocycles. The van der Waals surface area contributed by atoms with Gasteiger partial charge in [-0.15, -0.1) is 0 Å². The smallest absolute Gasteiger partial charge is 0.222 e. The fraction of sp³-hybridized carbons (Fsp3) is 0.286. The molecule has 2 rings (SSSR count). The van der Waals surface area contributed by atoms with Crippen LogP contribution in [0, 0.1) is 0 Å². The summed E-state index contributed by atoms with van der Waals surface area (Å²) in [6, 6.07) is 5.17. The predicted molar refractivity (Wildman–Crippen MR) is 72.7 cm³/mol. The summed E-state index contributed by atoms with van der Waals surface area (Å²) in [6.45, 7) is 0. The molecular formula is C14H16N2O4. The van der Waals surface area contributed by atoms with E-state index in [-0.39, 0.29) is 5.78 Å². The number of ether oxygens (including phenoxy) is 3. The van der Waals surface area contributed by atoms with Crippen LogP contribution in [0.5, 0.6) is 17.2 Å². The maximum atomic E-state index is 12.8. The number of aromatic nitrogens is 2. The molecule has 0 saturated heterocycles. The van der Waals surface area contributed by atoms with E-state index in [1.165, 1.54) is 32.2 Å². The van der Waals surface area contributed by atoms with Gasteiger partial charge < -0.3 is 14.2 Å². The average Bonchev–Trinajstić information content (AvgIpc) is 2.86. The summed E-state index contributed by atoms with van der Waals surface area (Å²) in [6.07, 6.45) is 1.50. The summed E-state index contributed by atoms with van der Waals surface area (Å²) in [5.74, 6) is 1.02. The number of aryl methyl sites for hydroxylation is 1. The number of nitrogens with zero attached hydrogens (tertiary/aromatic N) is 2. The molecular weight excluding hydrogens is 260 g/mol. The SMILES string of the molecule is COc1cccc(OC)c1C(=O)c1c(OC)cnn1C. The molecule has 0 fully saturated rings. The van der Waals surface area contributed by atoms with Crippen molar-refractivity contribution in [2.24, 2.45) is 7.05 Å². The van der Waals surface area contributed by atoms with Gasteiger partial charge in [-0.3, -0.25) is 9.48 Å². The Morgan fingerprint density at radius 3 is 2.10 bits per heavy atom. The van der Waals surface area contributed by atoms with E-state index in [0.717, 1.165) is 0 Å². The van der Waals surface area contributed by atoms with E-state index in [4.69, 9.17) is 14.2 Å². The molecule has 0 bridgehead atoms. The molecule has 0 aliphatic rings. The molecule has 106 valence electrons. The molecule has 0 saturated carbocycles. The van der Waals surface area contributed by atoms with Gasteiger partial charge in [0.05, 0.1) is 27.5 Å². The molecule has 6 heteroatoms. The molecule has 0 unspecified atom stereocenters. The average molecular weight is 276 g/mol. The van der Waals surface area contributed by atoms with Crippen molar-refractivity contribution in [2.45, 2.75) is 0 Å². The molecule has 0 atom stereocenters. The van der Waals surface area contributed by atoms with Crippen molar-refractivity contribution in [1.82, 2.24) is 9.78 Å². The topological polar surface area (TPSA) is 62.6 Å². The van der Waals surface area contributed by atoms with Crippen molar-refractivity contribution < 1.29 is 19.0 Å². The fourth-order valence-corrected chi connectivity index (χ4v) is 2.02. The second kappa shape index (κ2) is 5.64. The van der Waals surface area contributed by atoms with Gasteiger partial charge >= 0.3 is 0 Å². The largest absolute Gasteiger partial charge is 0.496 e. The number of methoxy groups -OCH3 is 3. The van der Waals surface area contributed by atoms with E-state index in [9.17, 15) is 4.79 Å². The minimum atomic E-state index is -0.267. The second-order valence-electron chi connectivity index (χ2n) is 4.05. The molecule has 20 heavy (non-hydrogen) atoms. The van der Waals surface area contributed by atoms with Crippen LogP contribution < -0.4 is 14.2 Å². The first-order chi connectivity index (χ1) is 9.63. The highest BCUT2D eigenvalue weighted by molar-refractivity contribution is 6.13. The van der Waals surface area contributed by atoms with Crippen molar-refractivity contribution in [1.29, 1.82) is 0 Å². The zero-order valence-electron chi connectivity index (χ0n) is 11.8. The van der Waals surface area contributed by atoms with E-state index in [1.54, 1.807) is 25.2 Å². The number of hydrogen-bond acceptors (Lipinski definition) is 5. The third kappa shape index (κ3) is 2.20. The van der Waals surface area contributed by atoms with Crippen molar-refractivity contribution in [3.05, 3.63) is 35.7 Å². The Hall–Kier alpha value is -2.50. The lowest BCUT2D eigenvalue weighted by Crippen LogP contribution is -2.12. The number of hydrogen-bond donors (Lipinski definition) is 0. The normalized spacial score (nSPS) is 10.2. The van der Waals surface area contributed by atoms with E-state index >= 15 is 0 Å². The Labute approximate surface area is 116 Å². The van der Waals surface area contributed by atoms with Gasteiger partial charge in [0.15, 0.2) is 11.4 Å². The molecule has 0 aliphatic carbocycles. The second-order valence-corrected chi connectivity index (χ2v) is 4.05. The van der Waals surface area contributed by atoms with E-state index in [0.29, 0.717) is 28.5 Å². The Bertz CT molecular complexity index is 612. The van der Waals surface area contributed by atoms with Gasteiger partial charge in [0, 0.05) is 7.05 Å². The predicted octanol–water partition coefficient (Wildman–Crippen LogP) is 1.68. The third-order valence-corrected chi connectivity index (χ3v) is 3.00. The number of carbonyl (C=O) groups excluding carboxylic acids is 1. The van der Waals surface area contributed by atoms with Crippen molar-refractivity contribution in [3.8, 4) is 17.2 Å². The van der Waals surface area contributed by atoms with Crippen LogP contribution in [0.15, 0.2) is 24.4 Å². The van der Waals surface area contributed by atoms with Gasteiger partial charge in [-0.2, -0.15) is 5.10 Å². The molecule has 6 nitrogen and oxygen atoms in total. The van der Waals surface area contributed by atoms with Crippen molar-refractivity contribution >= 4 is 5.78 Å². The summed E-state index contributed by atoms with van der Waals surface area (Å²) in [5.41, 5.74) is 0.690. The minimum absolute atomic E-state index is 0.267. The lowest BCUT2D eigenvalue weighted by atomic mass is 10.1. The monoisotopic (exact) mass is 276 g/mol. The summed E-state index contributed by atoms with van der Waals surface area (Å²) in [4.78, 5) is 12.8. The molecule has 0 aliphatic heterocycles. The first-order valence-corrected chi connectivity index (χ1v) is 5.95. The van der Waals surface area contributed by atoms with Crippen LogP contribution in [0.4, 0.5) is 0 Å². The third-order valence-electron chi connectivity index (χ3n) is 3.00. The highest BCUT2D eigenvalue weighted by Gasteiger charge is 2.25. The lowest BCUT2D eigenvalue weighted by Gasteiger charge is -2.12. The van der Waals surface area contributed by atoms with Gasteiger partial charge in [0.1, 0.15) is 17.1 Å². The molecule has 0 N–H and O–H groups in total. The Morgan fingerprint density at radius 1 is 1.05 bits per heavy atom. The zero-order valence-corrected chi connectivity index (χ0v) is 11.8. The van der Waals surface area contributed by atoms with Crippen LogP contribution in [0.1, 0.15) is 16.1 Å². The Balaban J connectivity index is 2.61. The quantitative estimate of drug-likeness (QED) is 0.777. The summed E-state index contributed by atoms with van der Waals surface area (Å²) in [5, 5.41) is 4.03. The molecule has 2 aromatic rings. The number of ketones is 1. The van der Waals surface area contributed by atoms with Crippen LogP contribution in [-0.2, 0) is 7.05 Å². The molecule has 1 heterocycles. The zero-order chi connectivity index (χ0) is 14.7.